The normalized spacial score (nSPS) is 18.7. The summed E-state index contributed by atoms with van der Waals surface area (Å²) in [5, 5.41) is 10.1. The SMILES string of the molecule is NC(=O)c1cc(F)c(N[C@@H]2CCCC[C@@H]2N)nc1Nc1cncc(-n2cncn2)c1. The van der Waals surface area contributed by atoms with Crippen LogP contribution in [0, 0.1) is 5.82 Å². The van der Waals surface area contributed by atoms with Crippen LogP contribution in [0.15, 0.2) is 37.2 Å². The zero-order valence-electron chi connectivity index (χ0n) is 16.1. The number of carbonyl (C=O) groups excluding carboxylic acids is 1. The number of rotatable bonds is 6. The summed E-state index contributed by atoms with van der Waals surface area (Å²) >= 11 is 0. The monoisotopic (exact) mass is 411 g/mol. The van der Waals surface area contributed by atoms with Crippen molar-refractivity contribution in [3.8, 4) is 5.69 Å². The van der Waals surface area contributed by atoms with Crippen LogP contribution in [0.2, 0.25) is 0 Å². The van der Waals surface area contributed by atoms with E-state index in [1.807, 2.05) is 0 Å². The highest BCUT2D eigenvalue weighted by Crippen LogP contribution is 2.27. The number of hydrogen-bond donors (Lipinski definition) is 4. The van der Waals surface area contributed by atoms with Crippen molar-refractivity contribution in [2.75, 3.05) is 10.6 Å². The van der Waals surface area contributed by atoms with E-state index in [-0.39, 0.29) is 29.3 Å². The maximum atomic E-state index is 14.6. The molecule has 0 spiro atoms. The van der Waals surface area contributed by atoms with E-state index >= 15 is 0 Å². The highest BCUT2D eigenvalue weighted by molar-refractivity contribution is 5.98. The van der Waals surface area contributed by atoms with Crippen molar-refractivity contribution in [3.05, 3.63) is 48.6 Å². The summed E-state index contributed by atoms with van der Waals surface area (Å²) in [4.78, 5) is 24.2. The Kier molecular flexibility index (Phi) is 5.53. The number of hydrogen-bond acceptors (Lipinski definition) is 8. The largest absolute Gasteiger partial charge is 0.365 e. The number of pyridine rings is 2. The lowest BCUT2D eigenvalue weighted by Crippen LogP contribution is -2.43. The summed E-state index contributed by atoms with van der Waals surface area (Å²) in [6, 6.07) is 2.63. The molecule has 3 aromatic heterocycles. The van der Waals surface area contributed by atoms with E-state index in [2.05, 4.69) is 30.7 Å². The summed E-state index contributed by atoms with van der Waals surface area (Å²) in [6.45, 7) is 0. The number of halogens is 1. The van der Waals surface area contributed by atoms with Gasteiger partial charge in [0.2, 0.25) is 0 Å². The molecule has 0 aliphatic heterocycles. The average Bonchev–Trinajstić information content (AvgIpc) is 3.27. The summed E-state index contributed by atoms with van der Waals surface area (Å²) in [7, 11) is 0. The Morgan fingerprint density at radius 1 is 1.17 bits per heavy atom. The predicted molar refractivity (Wildman–Crippen MR) is 109 cm³/mol. The maximum absolute atomic E-state index is 14.6. The molecule has 3 heterocycles. The van der Waals surface area contributed by atoms with Crippen LogP contribution in [0.5, 0.6) is 0 Å². The fourth-order valence-electron chi connectivity index (χ4n) is 3.49. The van der Waals surface area contributed by atoms with Crippen LogP contribution in [0.1, 0.15) is 36.0 Å². The van der Waals surface area contributed by atoms with Gasteiger partial charge >= 0.3 is 0 Å². The average molecular weight is 411 g/mol. The summed E-state index contributed by atoms with van der Waals surface area (Å²) < 4.78 is 16.2. The van der Waals surface area contributed by atoms with Gasteiger partial charge < -0.3 is 22.1 Å². The van der Waals surface area contributed by atoms with Crippen LogP contribution in [-0.4, -0.2) is 42.7 Å². The number of amides is 1. The number of aromatic nitrogens is 5. The van der Waals surface area contributed by atoms with E-state index in [1.54, 1.807) is 18.5 Å². The van der Waals surface area contributed by atoms with E-state index in [1.165, 1.54) is 17.3 Å². The second-order valence-electron chi connectivity index (χ2n) is 7.18. The van der Waals surface area contributed by atoms with Gasteiger partial charge in [-0.1, -0.05) is 12.8 Å². The summed E-state index contributed by atoms with van der Waals surface area (Å²) in [5.41, 5.74) is 12.7. The Morgan fingerprint density at radius 3 is 2.73 bits per heavy atom. The van der Waals surface area contributed by atoms with Crippen LogP contribution in [-0.2, 0) is 0 Å². The molecule has 1 aliphatic rings. The molecule has 3 aromatic rings. The van der Waals surface area contributed by atoms with Gasteiger partial charge in [-0.2, -0.15) is 5.10 Å². The van der Waals surface area contributed by atoms with E-state index in [9.17, 15) is 9.18 Å². The molecule has 11 heteroatoms. The molecule has 1 amide bonds. The first-order valence-electron chi connectivity index (χ1n) is 9.61. The molecule has 10 nitrogen and oxygen atoms in total. The number of carbonyl (C=O) groups is 1. The fourth-order valence-corrected chi connectivity index (χ4v) is 3.49. The van der Waals surface area contributed by atoms with Crippen molar-refractivity contribution >= 4 is 23.2 Å². The molecular formula is C19H22FN9O. The number of primary amides is 1. The zero-order chi connectivity index (χ0) is 21.1. The molecule has 0 aromatic carbocycles. The first-order valence-corrected chi connectivity index (χ1v) is 9.61. The Hall–Kier alpha value is -3.60. The number of nitrogens with two attached hydrogens (primary N) is 2. The smallest absolute Gasteiger partial charge is 0.252 e. The third-order valence-electron chi connectivity index (χ3n) is 5.05. The third kappa shape index (κ3) is 4.20. The van der Waals surface area contributed by atoms with Crippen molar-refractivity contribution in [1.29, 1.82) is 0 Å². The predicted octanol–water partition coefficient (Wildman–Crippen LogP) is 1.72. The second-order valence-corrected chi connectivity index (χ2v) is 7.18. The molecule has 2 atom stereocenters. The van der Waals surface area contributed by atoms with Crippen LogP contribution in [0.3, 0.4) is 0 Å². The lowest BCUT2D eigenvalue weighted by molar-refractivity contribution is 0.100. The Morgan fingerprint density at radius 2 is 2.00 bits per heavy atom. The Balaban J connectivity index is 1.64. The topological polar surface area (TPSA) is 150 Å². The highest BCUT2D eigenvalue weighted by Gasteiger charge is 2.24. The fraction of sp³-hybridized carbons (Fsp3) is 0.316. The standard InChI is InChI=1S/C19H22FN9O/c20-14-6-13(17(22)30)18(28-19(14)27-16-4-2-1-3-15(16)21)26-11-5-12(8-23-7-11)29-10-24-9-25-29/h5-10,15-16H,1-4,21H2,(H2,22,30)(H2,26,27,28)/t15-,16+/m0/s1. The third-order valence-corrected chi connectivity index (χ3v) is 5.05. The van der Waals surface area contributed by atoms with E-state index in [0.29, 0.717) is 11.4 Å². The first-order chi connectivity index (χ1) is 14.5. The molecule has 0 unspecified atom stereocenters. The lowest BCUT2D eigenvalue weighted by atomic mass is 9.91. The van der Waals surface area contributed by atoms with Crippen molar-refractivity contribution in [2.24, 2.45) is 11.5 Å². The minimum Gasteiger partial charge on any atom is -0.365 e. The van der Waals surface area contributed by atoms with Crippen molar-refractivity contribution in [3.63, 3.8) is 0 Å². The molecule has 6 N–H and O–H groups in total. The molecule has 4 rings (SSSR count). The quantitative estimate of drug-likeness (QED) is 0.479. The van der Waals surface area contributed by atoms with Gasteiger partial charge in [0.15, 0.2) is 11.6 Å². The van der Waals surface area contributed by atoms with Gasteiger partial charge in [-0.05, 0) is 25.0 Å². The Labute approximate surface area is 171 Å². The van der Waals surface area contributed by atoms with Crippen molar-refractivity contribution in [1.82, 2.24) is 24.7 Å². The molecular weight excluding hydrogens is 389 g/mol. The van der Waals surface area contributed by atoms with Crippen molar-refractivity contribution in [2.45, 2.75) is 37.8 Å². The van der Waals surface area contributed by atoms with Crippen molar-refractivity contribution < 1.29 is 9.18 Å². The van der Waals surface area contributed by atoms with Gasteiger partial charge in [-0.3, -0.25) is 9.78 Å². The first kappa shape index (κ1) is 19.7. The van der Waals surface area contributed by atoms with Crippen LogP contribution < -0.4 is 22.1 Å². The minimum atomic E-state index is -0.801. The van der Waals surface area contributed by atoms with Crippen LogP contribution >= 0.6 is 0 Å². The molecule has 156 valence electrons. The van der Waals surface area contributed by atoms with E-state index < -0.39 is 11.7 Å². The van der Waals surface area contributed by atoms with Crippen LogP contribution in [0.25, 0.3) is 5.69 Å². The van der Waals surface area contributed by atoms with E-state index in [0.717, 1.165) is 31.7 Å². The minimum absolute atomic E-state index is 0.0187. The maximum Gasteiger partial charge on any atom is 0.252 e. The number of nitrogens with one attached hydrogen (secondary N) is 2. The van der Waals surface area contributed by atoms with E-state index in [4.69, 9.17) is 11.5 Å². The molecule has 1 fully saturated rings. The molecule has 1 aliphatic carbocycles. The second kappa shape index (κ2) is 8.41. The molecule has 30 heavy (non-hydrogen) atoms. The van der Waals surface area contributed by atoms with Crippen LogP contribution in [0.4, 0.5) is 21.7 Å². The zero-order valence-corrected chi connectivity index (χ0v) is 16.1. The van der Waals surface area contributed by atoms with Gasteiger partial charge in [0.25, 0.3) is 5.91 Å². The molecule has 1 saturated carbocycles. The molecule has 0 saturated heterocycles. The molecule has 0 bridgehead atoms. The highest BCUT2D eigenvalue weighted by atomic mass is 19.1. The lowest BCUT2D eigenvalue weighted by Gasteiger charge is -2.30. The molecule has 0 radical (unpaired) electrons. The van der Waals surface area contributed by atoms with Gasteiger partial charge in [0, 0.05) is 12.1 Å². The van der Waals surface area contributed by atoms with Gasteiger partial charge in [0.05, 0.1) is 29.3 Å². The Bertz CT molecular complexity index is 1040. The van der Waals surface area contributed by atoms with Gasteiger partial charge in [0.1, 0.15) is 18.5 Å². The number of nitrogens with zero attached hydrogens (tertiary/aromatic N) is 5. The van der Waals surface area contributed by atoms with Gasteiger partial charge in [-0.25, -0.2) is 19.0 Å². The summed E-state index contributed by atoms with van der Waals surface area (Å²) in [5.74, 6) is -1.33. The number of anilines is 3. The summed E-state index contributed by atoms with van der Waals surface area (Å²) in [6.07, 6.45) is 9.83. The van der Waals surface area contributed by atoms with Gasteiger partial charge in [-0.15, -0.1) is 0 Å².